The highest BCUT2D eigenvalue weighted by Gasteiger charge is 2.21. The van der Waals surface area contributed by atoms with Gasteiger partial charge in [0.05, 0.1) is 12.3 Å². The van der Waals surface area contributed by atoms with Gasteiger partial charge in [0.25, 0.3) is 0 Å². The molecule has 1 amide bonds. The van der Waals surface area contributed by atoms with Crippen LogP contribution in [0.25, 0.3) is 0 Å². The average Bonchev–Trinajstić information content (AvgIpc) is 2.52. The van der Waals surface area contributed by atoms with E-state index in [4.69, 9.17) is 0 Å². The summed E-state index contributed by atoms with van der Waals surface area (Å²) in [6, 6.07) is 14.5. The number of amides is 1. The van der Waals surface area contributed by atoms with E-state index in [1.54, 1.807) is 30.3 Å². The lowest BCUT2D eigenvalue weighted by Gasteiger charge is -2.17. The molecule has 0 saturated carbocycles. The van der Waals surface area contributed by atoms with E-state index in [1.807, 2.05) is 32.0 Å². The van der Waals surface area contributed by atoms with Gasteiger partial charge in [-0.3, -0.25) is 4.79 Å². The molecule has 6 heteroatoms. The maximum Gasteiger partial charge on any atom is 0.239 e. The quantitative estimate of drug-likeness (QED) is 0.874. The van der Waals surface area contributed by atoms with Crippen LogP contribution < -0.4 is 5.32 Å². The highest BCUT2D eigenvalue weighted by Crippen LogP contribution is 2.18. The van der Waals surface area contributed by atoms with Crippen molar-refractivity contribution in [2.75, 3.05) is 18.9 Å². The Hall–Kier alpha value is -2.18. The van der Waals surface area contributed by atoms with Crippen LogP contribution in [-0.2, 0) is 20.6 Å². The van der Waals surface area contributed by atoms with Gasteiger partial charge in [0.1, 0.15) is 0 Å². The molecule has 2 rings (SSSR count). The number of anilines is 1. The van der Waals surface area contributed by atoms with Crippen LogP contribution in [0.1, 0.15) is 16.7 Å². The lowest BCUT2D eigenvalue weighted by atomic mass is 10.1. The number of hydrogen-bond acceptors (Lipinski definition) is 3. The van der Waals surface area contributed by atoms with Crippen LogP contribution in [-0.4, -0.2) is 32.2 Å². The SMILES string of the molecule is Cc1cccc(NC(=O)CN(C)S(=O)(=O)Cc2ccccc2)c1C. The summed E-state index contributed by atoms with van der Waals surface area (Å²) in [5.74, 6) is -0.482. The normalized spacial score (nSPS) is 11.5. The van der Waals surface area contributed by atoms with Crippen LogP contribution in [0, 0.1) is 13.8 Å². The fourth-order valence-corrected chi connectivity index (χ4v) is 3.42. The third-order valence-electron chi connectivity index (χ3n) is 3.91. The minimum Gasteiger partial charge on any atom is -0.325 e. The van der Waals surface area contributed by atoms with Crippen molar-refractivity contribution in [3.05, 3.63) is 65.2 Å². The number of carbonyl (C=O) groups is 1. The van der Waals surface area contributed by atoms with Gasteiger partial charge in [-0.05, 0) is 36.6 Å². The van der Waals surface area contributed by atoms with Crippen molar-refractivity contribution in [3.8, 4) is 0 Å². The van der Waals surface area contributed by atoms with E-state index in [-0.39, 0.29) is 18.2 Å². The molecule has 0 fully saturated rings. The zero-order valence-electron chi connectivity index (χ0n) is 14.1. The maximum atomic E-state index is 12.4. The van der Waals surface area contributed by atoms with Gasteiger partial charge < -0.3 is 5.32 Å². The first kappa shape index (κ1) is 18.2. The molecular weight excluding hydrogens is 324 g/mol. The summed E-state index contributed by atoms with van der Waals surface area (Å²) in [6.07, 6.45) is 0. The second-order valence-corrected chi connectivity index (χ2v) is 7.87. The van der Waals surface area contributed by atoms with Gasteiger partial charge in [-0.2, -0.15) is 4.31 Å². The molecule has 2 aromatic carbocycles. The van der Waals surface area contributed by atoms with Crippen LogP contribution in [0.3, 0.4) is 0 Å². The molecule has 0 aromatic heterocycles. The number of likely N-dealkylation sites (N-methyl/N-ethyl adjacent to an activating group) is 1. The van der Waals surface area contributed by atoms with Crippen LogP contribution in [0.15, 0.2) is 48.5 Å². The van der Waals surface area contributed by atoms with Crippen molar-refractivity contribution in [2.45, 2.75) is 19.6 Å². The number of aryl methyl sites for hydroxylation is 1. The van der Waals surface area contributed by atoms with Gasteiger partial charge in [-0.1, -0.05) is 42.5 Å². The molecular formula is C18H22N2O3S. The van der Waals surface area contributed by atoms with Crippen LogP contribution in [0.5, 0.6) is 0 Å². The number of hydrogen-bond donors (Lipinski definition) is 1. The predicted molar refractivity (Wildman–Crippen MR) is 96.2 cm³/mol. The van der Waals surface area contributed by atoms with E-state index in [2.05, 4.69) is 5.32 Å². The van der Waals surface area contributed by atoms with Crippen molar-refractivity contribution in [1.29, 1.82) is 0 Å². The van der Waals surface area contributed by atoms with Gasteiger partial charge in [0.2, 0.25) is 15.9 Å². The van der Waals surface area contributed by atoms with E-state index in [0.29, 0.717) is 11.3 Å². The van der Waals surface area contributed by atoms with E-state index in [0.717, 1.165) is 15.4 Å². The number of benzene rings is 2. The summed E-state index contributed by atoms with van der Waals surface area (Å²) >= 11 is 0. The minimum atomic E-state index is -3.55. The average molecular weight is 346 g/mol. The Bertz CT molecular complexity index is 817. The Morgan fingerprint density at radius 2 is 1.71 bits per heavy atom. The van der Waals surface area contributed by atoms with Crippen LogP contribution in [0.4, 0.5) is 5.69 Å². The summed E-state index contributed by atoms with van der Waals surface area (Å²) in [5, 5.41) is 2.77. The van der Waals surface area contributed by atoms with Crippen LogP contribution in [0.2, 0.25) is 0 Å². The molecule has 128 valence electrons. The smallest absolute Gasteiger partial charge is 0.239 e. The fourth-order valence-electron chi connectivity index (χ4n) is 2.27. The summed E-state index contributed by atoms with van der Waals surface area (Å²) in [7, 11) is -2.13. The summed E-state index contributed by atoms with van der Waals surface area (Å²) in [6.45, 7) is 3.66. The molecule has 0 bridgehead atoms. The van der Waals surface area contributed by atoms with Crippen LogP contribution >= 0.6 is 0 Å². The van der Waals surface area contributed by atoms with E-state index >= 15 is 0 Å². The lowest BCUT2D eigenvalue weighted by Crippen LogP contribution is -2.35. The number of nitrogens with zero attached hydrogens (tertiary/aromatic N) is 1. The molecule has 0 saturated heterocycles. The largest absolute Gasteiger partial charge is 0.325 e. The van der Waals surface area contributed by atoms with Crippen molar-refractivity contribution >= 4 is 21.6 Å². The highest BCUT2D eigenvalue weighted by atomic mass is 32.2. The predicted octanol–water partition coefficient (Wildman–Crippen LogP) is 2.70. The van der Waals surface area contributed by atoms with Crippen molar-refractivity contribution in [1.82, 2.24) is 4.31 Å². The summed E-state index contributed by atoms with van der Waals surface area (Å²) in [5.41, 5.74) is 3.44. The van der Waals surface area contributed by atoms with E-state index in [9.17, 15) is 13.2 Å². The van der Waals surface area contributed by atoms with Crippen molar-refractivity contribution < 1.29 is 13.2 Å². The number of nitrogens with one attached hydrogen (secondary N) is 1. The molecule has 0 radical (unpaired) electrons. The Morgan fingerprint density at radius 3 is 2.38 bits per heavy atom. The van der Waals surface area contributed by atoms with Gasteiger partial charge in [-0.25, -0.2) is 8.42 Å². The van der Waals surface area contributed by atoms with E-state index < -0.39 is 10.0 Å². The number of carbonyl (C=O) groups excluding carboxylic acids is 1. The third-order valence-corrected chi connectivity index (χ3v) is 5.69. The lowest BCUT2D eigenvalue weighted by molar-refractivity contribution is -0.116. The molecule has 0 spiro atoms. The molecule has 24 heavy (non-hydrogen) atoms. The van der Waals surface area contributed by atoms with Gasteiger partial charge in [0.15, 0.2) is 0 Å². The zero-order valence-corrected chi connectivity index (χ0v) is 14.9. The molecule has 5 nitrogen and oxygen atoms in total. The van der Waals surface area contributed by atoms with Gasteiger partial charge >= 0.3 is 0 Å². The Morgan fingerprint density at radius 1 is 1.04 bits per heavy atom. The first-order chi connectivity index (χ1) is 11.3. The molecule has 0 atom stereocenters. The Balaban J connectivity index is 2.01. The molecule has 0 aliphatic carbocycles. The zero-order chi connectivity index (χ0) is 17.7. The number of rotatable bonds is 6. The minimum absolute atomic E-state index is 0.124. The maximum absolute atomic E-state index is 12.4. The Kier molecular flexibility index (Phi) is 5.75. The number of sulfonamides is 1. The second-order valence-electron chi connectivity index (χ2n) is 5.79. The highest BCUT2D eigenvalue weighted by molar-refractivity contribution is 7.88. The standard InChI is InChI=1S/C18H22N2O3S/c1-14-8-7-11-17(15(14)2)19-18(21)12-20(3)24(22,23)13-16-9-5-4-6-10-16/h4-11H,12-13H2,1-3H3,(H,19,21). The summed E-state index contributed by atoms with van der Waals surface area (Å²) in [4.78, 5) is 12.2. The fraction of sp³-hybridized carbons (Fsp3) is 0.278. The molecule has 0 aliphatic rings. The first-order valence-electron chi connectivity index (χ1n) is 7.63. The van der Waals surface area contributed by atoms with E-state index in [1.165, 1.54) is 7.05 Å². The van der Waals surface area contributed by atoms with Gasteiger partial charge in [0, 0.05) is 12.7 Å². The van der Waals surface area contributed by atoms with Gasteiger partial charge in [-0.15, -0.1) is 0 Å². The summed E-state index contributed by atoms with van der Waals surface area (Å²) < 4.78 is 25.8. The second kappa shape index (κ2) is 7.59. The molecule has 1 N–H and O–H groups in total. The molecule has 2 aromatic rings. The topological polar surface area (TPSA) is 66.5 Å². The van der Waals surface area contributed by atoms with Crippen molar-refractivity contribution in [3.63, 3.8) is 0 Å². The van der Waals surface area contributed by atoms with Crippen molar-refractivity contribution in [2.24, 2.45) is 0 Å². The third kappa shape index (κ3) is 4.66. The monoisotopic (exact) mass is 346 g/mol. The molecule has 0 unspecified atom stereocenters. The molecule has 0 aliphatic heterocycles. The first-order valence-corrected chi connectivity index (χ1v) is 9.24. The Labute approximate surface area is 143 Å². The molecule has 0 heterocycles.